The van der Waals surface area contributed by atoms with Gasteiger partial charge in [0.2, 0.25) is 0 Å². The zero-order chi connectivity index (χ0) is 87.4. The number of terminal acetylenes is 1. The highest BCUT2D eigenvalue weighted by Crippen LogP contribution is 2.33. The lowest BCUT2D eigenvalue weighted by atomic mass is 10.1. The zero-order valence-electron chi connectivity index (χ0n) is 69.2. The first-order chi connectivity index (χ1) is 56.4. The van der Waals surface area contributed by atoms with Crippen LogP contribution in [0.1, 0.15) is 94.4 Å². The van der Waals surface area contributed by atoms with Crippen molar-refractivity contribution in [3.8, 4) is 12.3 Å². The molecule has 628 valence electrons. The maximum absolute atomic E-state index is 12.6. The topological polar surface area (TPSA) is 486 Å². The summed E-state index contributed by atoms with van der Waals surface area (Å²) in [5, 5.41) is 9.65. The van der Waals surface area contributed by atoms with Crippen molar-refractivity contribution in [3.05, 3.63) is 225 Å². The molecule has 14 aromatic heterocycles. The van der Waals surface area contributed by atoms with Crippen molar-refractivity contribution >= 4 is 90.3 Å². The number of aliphatic hydroxyl groups excluding tert-OH is 1. The average Bonchev–Trinajstić information content (AvgIpc) is 1.67. The molecule has 1 fully saturated rings. The molecule has 1 aliphatic rings. The molecule has 1 aromatic carbocycles. The van der Waals surface area contributed by atoms with Crippen molar-refractivity contribution in [2.24, 2.45) is 98.7 Å². The third-order valence-electron chi connectivity index (χ3n) is 20.3. The van der Waals surface area contributed by atoms with E-state index in [1.807, 2.05) is 58.0 Å². The summed E-state index contributed by atoms with van der Waals surface area (Å²) in [4.78, 5) is 202. The third-order valence-corrected chi connectivity index (χ3v) is 20.3. The number of aromatic nitrogens is 28. The van der Waals surface area contributed by atoms with Crippen molar-refractivity contribution in [1.82, 2.24) is 132 Å². The van der Waals surface area contributed by atoms with Gasteiger partial charge >= 0.3 is 39.8 Å². The predicted molar refractivity (Wildman–Crippen MR) is 448 cm³/mol. The van der Waals surface area contributed by atoms with Crippen LogP contribution in [0.15, 0.2) is 123 Å². The van der Waals surface area contributed by atoms with E-state index < -0.39 is 45.5 Å². The molecule has 0 aliphatic heterocycles. The highest BCUT2D eigenvalue weighted by atomic mass is 16.3. The lowest BCUT2D eigenvalue weighted by Gasteiger charge is -2.10. The zero-order valence-corrected chi connectivity index (χ0v) is 69.2. The highest BCUT2D eigenvalue weighted by molar-refractivity contribution is 5.77. The second kappa shape index (κ2) is 35.7. The van der Waals surface area contributed by atoms with Gasteiger partial charge in [-0.1, -0.05) is 75.4 Å². The Kier molecular flexibility index (Phi) is 26.1. The van der Waals surface area contributed by atoms with Crippen LogP contribution in [0, 0.1) is 19.3 Å². The van der Waals surface area contributed by atoms with E-state index in [9.17, 15) is 72.2 Å². The third kappa shape index (κ3) is 16.9. The van der Waals surface area contributed by atoms with Gasteiger partial charge in [-0.05, 0) is 50.7 Å². The van der Waals surface area contributed by atoms with Gasteiger partial charge in [0.25, 0.3) is 38.9 Å². The van der Waals surface area contributed by atoms with E-state index >= 15 is 0 Å². The minimum absolute atomic E-state index is 0.0351. The van der Waals surface area contributed by atoms with Gasteiger partial charge in [-0.3, -0.25) is 93.8 Å². The minimum atomic E-state index is -0.538. The van der Waals surface area contributed by atoms with Crippen LogP contribution in [-0.4, -0.2) is 143 Å². The molecule has 16 rings (SSSR count). The first-order valence-electron chi connectivity index (χ1n) is 37.6. The van der Waals surface area contributed by atoms with Gasteiger partial charge in [0.1, 0.15) is 17.2 Å². The van der Waals surface area contributed by atoms with Gasteiger partial charge < -0.3 is 37.5 Å². The summed E-state index contributed by atoms with van der Waals surface area (Å²) in [5.41, 5.74) is 2.72. The Balaban J connectivity index is 0.000000148. The van der Waals surface area contributed by atoms with Gasteiger partial charge in [-0.2, -0.15) is 0 Å². The molecule has 0 saturated heterocycles. The van der Waals surface area contributed by atoms with E-state index in [2.05, 4.69) is 61.8 Å². The fourth-order valence-corrected chi connectivity index (χ4v) is 13.5. The molecule has 15 aromatic rings. The summed E-state index contributed by atoms with van der Waals surface area (Å²) >= 11 is 0. The van der Waals surface area contributed by atoms with Gasteiger partial charge in [-0.25, -0.2) is 73.0 Å². The van der Waals surface area contributed by atoms with Crippen LogP contribution in [-0.2, 0) is 125 Å². The van der Waals surface area contributed by atoms with E-state index in [4.69, 9.17) is 6.42 Å². The van der Waals surface area contributed by atoms with Crippen molar-refractivity contribution in [2.45, 2.75) is 111 Å². The molecule has 0 spiro atoms. The molecule has 1 atom stereocenters. The Morgan fingerprint density at radius 2 is 0.941 bits per heavy atom. The van der Waals surface area contributed by atoms with E-state index in [0.717, 1.165) is 59.9 Å². The second-order valence-electron chi connectivity index (χ2n) is 28.6. The van der Waals surface area contributed by atoms with Crippen LogP contribution in [0.25, 0.3) is 90.3 Å². The molecule has 119 heavy (non-hydrogen) atoms. The first kappa shape index (κ1) is 86.9. The summed E-state index contributed by atoms with van der Waals surface area (Å²) < 4.78 is 24.6. The van der Waals surface area contributed by atoms with E-state index in [1.165, 1.54) is 106 Å². The Labute approximate surface area is 671 Å². The molecular weight excluding hydrogens is 1550 g/mol. The summed E-state index contributed by atoms with van der Waals surface area (Å²) in [6, 6.07) is 8.09. The van der Waals surface area contributed by atoms with Crippen molar-refractivity contribution in [3.63, 3.8) is 0 Å². The van der Waals surface area contributed by atoms with Gasteiger partial charge in [0.05, 0.1) is 50.8 Å². The van der Waals surface area contributed by atoms with E-state index in [0.29, 0.717) is 116 Å². The lowest BCUT2D eigenvalue weighted by Crippen LogP contribution is -2.40. The van der Waals surface area contributed by atoms with Crippen LogP contribution >= 0.6 is 0 Å². The molecule has 0 bridgehead atoms. The number of hydrogen-bond donors (Lipinski definition) is 4. The number of nitrogens with one attached hydrogen (secondary N) is 3. The molecule has 1 saturated carbocycles. The number of benzene rings is 1. The molecule has 43 heteroatoms. The number of rotatable bonds is 11. The lowest BCUT2D eigenvalue weighted by molar-refractivity contribution is 0.151. The van der Waals surface area contributed by atoms with Gasteiger partial charge in [0.15, 0.2) is 72.6 Å². The molecule has 0 radical (unpaired) electrons. The van der Waals surface area contributed by atoms with Crippen molar-refractivity contribution in [2.75, 3.05) is 0 Å². The summed E-state index contributed by atoms with van der Waals surface area (Å²) in [6.45, 7) is 9.19. The number of aromatic amines is 3. The standard InChI is InChI=1S/C17H18N4O2.C16H24N4O2.C11H16N4O3.C10H10N4O2.C8H10N4O2.2C7H8N4O2/c1-11-6-5-7-12(10-11)8-9-13-18-15-14(19(13)2)16(22)21(4)17(23)20(15)3;1-3-9-19-14-12(15(21)20(10-4-2)16(19)22)17-13(18-14)11-7-5-6-8-11;1-4-7(16)5-15-6-12-9-8(15)10(17)14(3)11(18)13(9)2;1-4-5-14-9(15)7-8(11-6-12(7)2)13(3)10(14)16;1-10-4-9-6-5(10)7(13)12(3)8(14)11(6)2;1-10-3-8-5-4(10)6(12)9-7(13)11(5)2;1-10-3-8-5-4(10)6(12)11(2)7(13)9-5/h5-10H,1-4H3;11H,3-10H2,1-2H3,(H,17,18);6-7,16H,4-5H2,1-3H3;1,6H,5H2,2-3H3;4H,1-3H3;3H,1-2H3,(H,9,12,13);3H,1-2H3,(H,9,13)/b9-8+;;;;;;. The van der Waals surface area contributed by atoms with Crippen LogP contribution in [0.2, 0.25) is 0 Å². The Bertz CT molecular complexity index is 7440. The van der Waals surface area contributed by atoms with Crippen LogP contribution in [0.5, 0.6) is 0 Å². The summed E-state index contributed by atoms with van der Waals surface area (Å²) in [7, 11) is 22.3. The quantitative estimate of drug-likeness (QED) is 0.113. The Hall–Kier alpha value is -14.5. The molecule has 0 amide bonds. The number of hydrogen-bond acceptors (Lipinski definition) is 22. The largest absolute Gasteiger partial charge is 0.391 e. The molecule has 14 heterocycles. The maximum Gasteiger partial charge on any atom is 0.333 e. The first-order valence-corrected chi connectivity index (χ1v) is 37.6. The smallest absolute Gasteiger partial charge is 0.333 e. The van der Waals surface area contributed by atoms with Crippen LogP contribution in [0.4, 0.5) is 0 Å². The molecule has 1 unspecified atom stereocenters. The van der Waals surface area contributed by atoms with E-state index in [1.54, 1.807) is 102 Å². The van der Waals surface area contributed by atoms with Crippen molar-refractivity contribution in [1.29, 1.82) is 0 Å². The summed E-state index contributed by atoms with van der Waals surface area (Å²) in [5.74, 6) is 4.19. The number of imidazole rings is 7. The van der Waals surface area contributed by atoms with E-state index in [-0.39, 0.29) is 45.9 Å². The molecule has 43 nitrogen and oxygen atoms in total. The SMILES string of the molecule is C#CCn1c(=O)c2c(ncn2C)n(C)c1=O.CCC(O)Cn1cnc2c1c(=O)n(C)c(=O)n2C.CCCn1c(=O)c2[nH]c(C3CCCC3)nc2n(CCC)c1=O.Cc1cccc(/C=C/c2nc3c(c(=O)n(C)c(=O)n3C)n2C)c1.Cn1c(=O)[nH]c2ncn(C)c2c1=O.Cn1c(=O)c2c(ncn2C)n(C)c1=O.Cn1cnc2c1c(=O)[nH]c(=O)n2C. The molecular formula is C76H94N28O15. The normalized spacial score (nSPS) is 12.3. The molecule has 1 aliphatic carbocycles. The van der Waals surface area contributed by atoms with Gasteiger partial charge in [-0.15, -0.1) is 6.42 Å². The number of nitrogens with zero attached hydrogens (tertiary/aromatic N) is 25. The molecule has 4 N–H and O–H groups in total. The van der Waals surface area contributed by atoms with Crippen LogP contribution in [0.3, 0.4) is 0 Å². The second-order valence-corrected chi connectivity index (χ2v) is 28.6. The fraction of sp³-hybridized carbons (Fsp3) is 0.408. The number of H-pyrrole nitrogens is 3. The Morgan fingerprint density at radius 3 is 1.50 bits per heavy atom. The number of aliphatic hydroxyl groups is 1. The monoisotopic (exact) mass is 1640 g/mol. The van der Waals surface area contributed by atoms with Gasteiger partial charge in [0, 0.05) is 118 Å². The fourth-order valence-electron chi connectivity index (χ4n) is 13.5. The van der Waals surface area contributed by atoms with Crippen LogP contribution < -0.4 is 78.7 Å². The highest BCUT2D eigenvalue weighted by Gasteiger charge is 2.25. The number of aryl methyl sites for hydroxylation is 12. The predicted octanol–water partition coefficient (Wildman–Crippen LogP) is -1.02. The maximum atomic E-state index is 12.6. The summed E-state index contributed by atoms with van der Waals surface area (Å²) in [6.07, 6.45) is 22.7. The average molecular weight is 1640 g/mol. The number of fused-ring (bicyclic) bond motifs is 7. The Morgan fingerprint density at radius 1 is 0.462 bits per heavy atom. The minimum Gasteiger partial charge on any atom is -0.391 e. The van der Waals surface area contributed by atoms with Crippen molar-refractivity contribution < 1.29 is 5.11 Å².